The summed E-state index contributed by atoms with van der Waals surface area (Å²) in [5.74, 6) is 2.37. The van der Waals surface area contributed by atoms with Crippen LogP contribution >= 0.6 is 0 Å². The quantitative estimate of drug-likeness (QED) is 0.785. The summed E-state index contributed by atoms with van der Waals surface area (Å²) in [6, 6.07) is 0. The number of hydrogen-bond donors (Lipinski definition) is 0. The van der Waals surface area contributed by atoms with Gasteiger partial charge in [-0.2, -0.15) is 0 Å². The zero-order valence-corrected chi connectivity index (χ0v) is 11.5. The van der Waals surface area contributed by atoms with E-state index in [1.807, 2.05) is 6.33 Å². The molecule has 3 nitrogen and oxygen atoms in total. The van der Waals surface area contributed by atoms with Crippen molar-refractivity contribution in [1.29, 1.82) is 0 Å². The van der Waals surface area contributed by atoms with Crippen LogP contribution in [0.3, 0.4) is 0 Å². The average molecular weight is 223 g/mol. The predicted octanol–water partition coefficient (Wildman–Crippen LogP) is 3.16. The Balaban J connectivity index is 2.70. The Morgan fingerprint density at radius 1 is 1.25 bits per heavy atom. The number of nitrogens with zero attached hydrogens (tertiary/aromatic N) is 3. The molecule has 0 bridgehead atoms. The summed E-state index contributed by atoms with van der Waals surface area (Å²) in [6.07, 6.45) is 2.86. The minimum absolute atomic E-state index is 0.328. The van der Waals surface area contributed by atoms with Crippen molar-refractivity contribution in [2.75, 3.05) is 0 Å². The van der Waals surface area contributed by atoms with Gasteiger partial charge in [0.05, 0.1) is 0 Å². The Kier molecular flexibility index (Phi) is 4.11. The van der Waals surface area contributed by atoms with E-state index >= 15 is 0 Å². The van der Waals surface area contributed by atoms with Crippen LogP contribution in [0.5, 0.6) is 0 Å². The molecule has 0 aliphatic carbocycles. The van der Waals surface area contributed by atoms with Gasteiger partial charge in [0, 0.05) is 13.0 Å². The van der Waals surface area contributed by atoms with Crippen molar-refractivity contribution in [3.63, 3.8) is 0 Å². The molecule has 1 rings (SSSR count). The lowest BCUT2D eigenvalue weighted by atomic mass is 9.80. The first-order valence-corrected chi connectivity index (χ1v) is 6.17. The van der Waals surface area contributed by atoms with Crippen molar-refractivity contribution in [2.45, 2.75) is 54.5 Å². The van der Waals surface area contributed by atoms with Gasteiger partial charge in [-0.25, -0.2) is 0 Å². The molecule has 92 valence electrons. The van der Waals surface area contributed by atoms with E-state index in [2.05, 4.69) is 56.3 Å². The maximum absolute atomic E-state index is 4.24. The summed E-state index contributed by atoms with van der Waals surface area (Å²) in [5, 5.41) is 8.26. The number of aromatic nitrogens is 3. The van der Waals surface area contributed by atoms with Crippen LogP contribution in [0, 0.1) is 17.3 Å². The van der Waals surface area contributed by atoms with Gasteiger partial charge in [-0.1, -0.05) is 41.5 Å². The van der Waals surface area contributed by atoms with Gasteiger partial charge in [0.25, 0.3) is 0 Å². The number of rotatable bonds is 4. The summed E-state index contributed by atoms with van der Waals surface area (Å²) in [7, 11) is 0. The Morgan fingerprint density at radius 2 is 1.88 bits per heavy atom. The topological polar surface area (TPSA) is 30.7 Å². The van der Waals surface area contributed by atoms with Gasteiger partial charge in [-0.3, -0.25) is 0 Å². The van der Waals surface area contributed by atoms with Gasteiger partial charge in [-0.05, 0) is 17.3 Å². The first-order chi connectivity index (χ1) is 7.30. The average Bonchev–Trinajstić information content (AvgIpc) is 2.50. The standard InChI is InChI=1S/C13H25N3/c1-10(2)8-16-9-14-15-12(16)7-11(3)13(4,5)6/h9-11H,7-8H2,1-6H3. The fraction of sp³-hybridized carbons (Fsp3) is 0.846. The fourth-order valence-electron chi connectivity index (χ4n) is 1.56. The summed E-state index contributed by atoms with van der Waals surface area (Å²) < 4.78 is 2.19. The summed E-state index contributed by atoms with van der Waals surface area (Å²) in [4.78, 5) is 0. The van der Waals surface area contributed by atoms with Crippen LogP contribution in [0.1, 0.15) is 47.4 Å². The Labute approximate surface area is 99.3 Å². The fourth-order valence-corrected chi connectivity index (χ4v) is 1.56. The van der Waals surface area contributed by atoms with E-state index < -0.39 is 0 Å². The molecular weight excluding hydrogens is 198 g/mol. The van der Waals surface area contributed by atoms with E-state index in [9.17, 15) is 0 Å². The van der Waals surface area contributed by atoms with E-state index in [0.717, 1.165) is 18.8 Å². The van der Waals surface area contributed by atoms with E-state index in [4.69, 9.17) is 0 Å². The highest BCUT2D eigenvalue weighted by Crippen LogP contribution is 2.27. The van der Waals surface area contributed by atoms with Crippen LogP contribution in [0.15, 0.2) is 6.33 Å². The Morgan fingerprint density at radius 3 is 2.38 bits per heavy atom. The highest BCUT2D eigenvalue weighted by molar-refractivity contribution is 4.90. The smallest absolute Gasteiger partial charge is 0.133 e. The van der Waals surface area contributed by atoms with E-state index in [-0.39, 0.29) is 0 Å². The van der Waals surface area contributed by atoms with Crippen molar-refractivity contribution >= 4 is 0 Å². The lowest BCUT2D eigenvalue weighted by molar-refractivity contribution is 0.253. The second-order valence-electron chi connectivity index (χ2n) is 6.26. The molecule has 1 atom stereocenters. The van der Waals surface area contributed by atoms with E-state index in [1.165, 1.54) is 0 Å². The van der Waals surface area contributed by atoms with Gasteiger partial charge in [0.2, 0.25) is 0 Å². The first kappa shape index (κ1) is 13.2. The SMILES string of the molecule is CC(C)Cn1cnnc1CC(C)C(C)(C)C. The lowest BCUT2D eigenvalue weighted by Crippen LogP contribution is -2.21. The first-order valence-electron chi connectivity index (χ1n) is 6.17. The van der Waals surface area contributed by atoms with Crippen LogP contribution < -0.4 is 0 Å². The van der Waals surface area contributed by atoms with Gasteiger partial charge in [0.1, 0.15) is 12.2 Å². The highest BCUT2D eigenvalue weighted by atomic mass is 15.3. The third-order valence-electron chi connectivity index (χ3n) is 3.22. The van der Waals surface area contributed by atoms with Gasteiger partial charge < -0.3 is 4.57 Å². The third kappa shape index (κ3) is 3.62. The van der Waals surface area contributed by atoms with Crippen molar-refractivity contribution in [1.82, 2.24) is 14.8 Å². The van der Waals surface area contributed by atoms with Crippen molar-refractivity contribution in [3.8, 4) is 0 Å². The monoisotopic (exact) mass is 223 g/mol. The molecule has 16 heavy (non-hydrogen) atoms. The minimum atomic E-state index is 0.328. The zero-order chi connectivity index (χ0) is 12.3. The molecule has 0 amide bonds. The normalized spacial score (nSPS) is 14.4. The molecule has 1 unspecified atom stereocenters. The van der Waals surface area contributed by atoms with Crippen LogP contribution in [0.4, 0.5) is 0 Å². The summed E-state index contributed by atoms with van der Waals surface area (Å²) >= 11 is 0. The van der Waals surface area contributed by atoms with E-state index in [1.54, 1.807) is 0 Å². The van der Waals surface area contributed by atoms with Crippen LogP contribution in [-0.2, 0) is 13.0 Å². The van der Waals surface area contributed by atoms with Crippen LogP contribution in [0.25, 0.3) is 0 Å². The van der Waals surface area contributed by atoms with Crippen molar-refractivity contribution in [2.24, 2.45) is 17.3 Å². The molecule has 0 saturated heterocycles. The summed E-state index contributed by atoms with van der Waals surface area (Å²) in [6.45, 7) is 14.6. The molecule has 0 aliphatic rings. The van der Waals surface area contributed by atoms with Crippen molar-refractivity contribution in [3.05, 3.63) is 12.2 Å². The molecule has 1 heterocycles. The molecule has 0 spiro atoms. The molecular formula is C13H25N3. The Bertz CT molecular complexity index is 320. The molecule has 0 aromatic carbocycles. The van der Waals surface area contributed by atoms with Gasteiger partial charge in [0.15, 0.2) is 0 Å². The second kappa shape index (κ2) is 4.98. The molecule has 3 heteroatoms. The third-order valence-corrected chi connectivity index (χ3v) is 3.22. The van der Waals surface area contributed by atoms with Crippen LogP contribution in [-0.4, -0.2) is 14.8 Å². The van der Waals surface area contributed by atoms with Gasteiger partial charge >= 0.3 is 0 Å². The maximum Gasteiger partial charge on any atom is 0.133 e. The molecule has 1 aromatic heterocycles. The van der Waals surface area contributed by atoms with Crippen LogP contribution in [0.2, 0.25) is 0 Å². The molecule has 0 fully saturated rings. The van der Waals surface area contributed by atoms with Crippen molar-refractivity contribution < 1.29 is 0 Å². The zero-order valence-electron chi connectivity index (χ0n) is 11.5. The lowest BCUT2D eigenvalue weighted by Gasteiger charge is -2.27. The number of hydrogen-bond acceptors (Lipinski definition) is 2. The Hall–Kier alpha value is -0.860. The predicted molar refractivity (Wildman–Crippen MR) is 67.2 cm³/mol. The molecule has 0 radical (unpaired) electrons. The second-order valence-corrected chi connectivity index (χ2v) is 6.26. The molecule has 1 aromatic rings. The highest BCUT2D eigenvalue weighted by Gasteiger charge is 2.22. The largest absolute Gasteiger partial charge is 0.317 e. The maximum atomic E-state index is 4.24. The van der Waals surface area contributed by atoms with E-state index in [0.29, 0.717) is 17.3 Å². The molecule has 0 saturated carbocycles. The van der Waals surface area contributed by atoms with Gasteiger partial charge in [-0.15, -0.1) is 10.2 Å². The summed E-state index contributed by atoms with van der Waals surface area (Å²) in [5.41, 5.74) is 0.328. The minimum Gasteiger partial charge on any atom is -0.317 e. The molecule has 0 N–H and O–H groups in total. The molecule has 0 aliphatic heterocycles.